The molecule has 1 aromatic rings. The number of nitrogens with one attached hydrogen (secondary N) is 1. The van der Waals surface area contributed by atoms with Gasteiger partial charge in [0.1, 0.15) is 5.82 Å². The van der Waals surface area contributed by atoms with Gasteiger partial charge in [-0.1, -0.05) is 19.1 Å². The highest BCUT2D eigenvalue weighted by Gasteiger charge is 2.20. The predicted octanol–water partition coefficient (Wildman–Crippen LogP) is 2.64. The van der Waals surface area contributed by atoms with Crippen LogP contribution in [0.3, 0.4) is 0 Å². The number of hydrogen-bond donors (Lipinski definition) is 2. The molecule has 0 aromatic heterocycles. The third-order valence-electron chi connectivity index (χ3n) is 3.27. The van der Waals surface area contributed by atoms with Crippen LogP contribution in [-0.2, 0) is 4.79 Å². The van der Waals surface area contributed by atoms with E-state index in [1.165, 1.54) is 17.0 Å². The van der Waals surface area contributed by atoms with Gasteiger partial charge in [0.2, 0.25) is 0 Å². The van der Waals surface area contributed by atoms with E-state index in [2.05, 4.69) is 5.32 Å². The van der Waals surface area contributed by atoms with Crippen LogP contribution in [0.25, 0.3) is 0 Å². The predicted molar refractivity (Wildman–Crippen MR) is 77.4 cm³/mol. The van der Waals surface area contributed by atoms with Crippen molar-refractivity contribution in [2.75, 3.05) is 13.1 Å². The maximum absolute atomic E-state index is 13.2. The molecule has 0 aliphatic heterocycles. The molecule has 1 aromatic carbocycles. The SMILES string of the molecule is CCN(CC(C)C(=O)O)C(=O)NC(C)c1cccc(F)c1. The van der Waals surface area contributed by atoms with Crippen LogP contribution in [0.4, 0.5) is 9.18 Å². The van der Waals surface area contributed by atoms with Crippen molar-refractivity contribution in [3.8, 4) is 0 Å². The lowest BCUT2D eigenvalue weighted by Crippen LogP contribution is -2.44. The smallest absolute Gasteiger partial charge is 0.317 e. The molecule has 0 radical (unpaired) electrons. The minimum Gasteiger partial charge on any atom is -0.481 e. The van der Waals surface area contributed by atoms with E-state index in [1.54, 1.807) is 32.9 Å². The quantitative estimate of drug-likeness (QED) is 0.848. The highest BCUT2D eigenvalue weighted by Crippen LogP contribution is 2.14. The fourth-order valence-electron chi connectivity index (χ4n) is 1.90. The van der Waals surface area contributed by atoms with Crippen LogP contribution >= 0.6 is 0 Å². The summed E-state index contributed by atoms with van der Waals surface area (Å²) in [6.45, 7) is 5.61. The molecule has 116 valence electrons. The van der Waals surface area contributed by atoms with E-state index in [0.29, 0.717) is 12.1 Å². The van der Waals surface area contributed by atoms with E-state index in [0.717, 1.165) is 0 Å². The molecule has 0 aliphatic carbocycles. The molecule has 0 bridgehead atoms. The summed E-state index contributed by atoms with van der Waals surface area (Å²) in [5, 5.41) is 11.6. The van der Waals surface area contributed by atoms with Crippen LogP contribution in [0.2, 0.25) is 0 Å². The fourth-order valence-corrected chi connectivity index (χ4v) is 1.90. The summed E-state index contributed by atoms with van der Waals surface area (Å²) >= 11 is 0. The number of carbonyl (C=O) groups excluding carboxylic acids is 1. The summed E-state index contributed by atoms with van der Waals surface area (Å²) in [5.41, 5.74) is 0.658. The van der Waals surface area contributed by atoms with Crippen LogP contribution in [0, 0.1) is 11.7 Å². The van der Waals surface area contributed by atoms with Crippen molar-refractivity contribution in [1.29, 1.82) is 0 Å². The van der Waals surface area contributed by atoms with Crippen LogP contribution in [-0.4, -0.2) is 35.1 Å². The lowest BCUT2D eigenvalue weighted by Gasteiger charge is -2.25. The summed E-state index contributed by atoms with van der Waals surface area (Å²) < 4.78 is 13.2. The molecule has 0 spiro atoms. The van der Waals surface area contributed by atoms with Gasteiger partial charge >= 0.3 is 12.0 Å². The number of rotatable bonds is 6. The van der Waals surface area contributed by atoms with Crippen molar-refractivity contribution in [2.24, 2.45) is 5.92 Å². The average molecular weight is 296 g/mol. The molecule has 1 rings (SSSR count). The summed E-state index contributed by atoms with van der Waals surface area (Å²) in [4.78, 5) is 24.4. The first kappa shape index (κ1) is 16.9. The highest BCUT2D eigenvalue weighted by atomic mass is 19.1. The van der Waals surface area contributed by atoms with E-state index >= 15 is 0 Å². The molecule has 21 heavy (non-hydrogen) atoms. The molecular weight excluding hydrogens is 275 g/mol. The number of nitrogens with zero attached hydrogens (tertiary/aromatic N) is 1. The monoisotopic (exact) mass is 296 g/mol. The Labute approximate surface area is 123 Å². The molecule has 2 N–H and O–H groups in total. The van der Waals surface area contributed by atoms with Gasteiger partial charge in [-0.05, 0) is 31.5 Å². The largest absolute Gasteiger partial charge is 0.481 e. The Morgan fingerprint density at radius 2 is 2.05 bits per heavy atom. The van der Waals surface area contributed by atoms with Gasteiger partial charge in [0, 0.05) is 13.1 Å². The summed E-state index contributed by atoms with van der Waals surface area (Å²) in [7, 11) is 0. The second kappa shape index (κ2) is 7.61. The summed E-state index contributed by atoms with van der Waals surface area (Å²) in [6.07, 6.45) is 0. The zero-order valence-corrected chi connectivity index (χ0v) is 12.5. The van der Waals surface area contributed by atoms with Crippen molar-refractivity contribution in [3.05, 3.63) is 35.6 Å². The molecule has 6 heteroatoms. The Morgan fingerprint density at radius 1 is 1.38 bits per heavy atom. The van der Waals surface area contributed by atoms with Gasteiger partial charge in [-0.25, -0.2) is 9.18 Å². The summed E-state index contributed by atoms with van der Waals surface area (Å²) in [6, 6.07) is 5.29. The number of hydrogen-bond acceptors (Lipinski definition) is 2. The third kappa shape index (κ3) is 5.06. The first-order valence-corrected chi connectivity index (χ1v) is 6.88. The van der Waals surface area contributed by atoms with Gasteiger partial charge in [0.15, 0.2) is 0 Å². The molecule has 0 saturated carbocycles. The molecular formula is C15H21FN2O3. The van der Waals surface area contributed by atoms with E-state index in [1.807, 2.05) is 0 Å². The van der Waals surface area contributed by atoms with Crippen LogP contribution < -0.4 is 5.32 Å². The summed E-state index contributed by atoms with van der Waals surface area (Å²) in [5.74, 6) is -1.94. The Bertz CT molecular complexity index is 507. The molecule has 0 heterocycles. The standard InChI is InChI=1S/C15H21FN2O3/c1-4-18(9-10(2)14(19)20)15(21)17-11(3)12-6-5-7-13(16)8-12/h5-8,10-11H,4,9H2,1-3H3,(H,17,21)(H,19,20). The zero-order chi connectivity index (χ0) is 16.0. The molecule has 2 amide bonds. The van der Waals surface area contributed by atoms with E-state index < -0.39 is 11.9 Å². The Hall–Kier alpha value is -2.11. The second-order valence-corrected chi connectivity index (χ2v) is 5.00. The Kier molecular flexibility index (Phi) is 6.14. The van der Waals surface area contributed by atoms with Crippen molar-refractivity contribution in [3.63, 3.8) is 0 Å². The molecule has 2 atom stereocenters. The minimum atomic E-state index is -0.945. The molecule has 5 nitrogen and oxygen atoms in total. The molecule has 0 saturated heterocycles. The molecule has 0 aliphatic rings. The Morgan fingerprint density at radius 3 is 2.57 bits per heavy atom. The maximum atomic E-state index is 13.2. The number of carbonyl (C=O) groups is 2. The maximum Gasteiger partial charge on any atom is 0.317 e. The van der Waals surface area contributed by atoms with Crippen molar-refractivity contribution >= 4 is 12.0 Å². The van der Waals surface area contributed by atoms with Gasteiger partial charge in [-0.3, -0.25) is 4.79 Å². The second-order valence-electron chi connectivity index (χ2n) is 5.00. The topological polar surface area (TPSA) is 69.6 Å². The van der Waals surface area contributed by atoms with Crippen molar-refractivity contribution in [1.82, 2.24) is 10.2 Å². The lowest BCUT2D eigenvalue weighted by atomic mass is 10.1. The number of aliphatic carboxylic acids is 1. The van der Waals surface area contributed by atoms with Crippen LogP contribution in [0.5, 0.6) is 0 Å². The van der Waals surface area contributed by atoms with Crippen molar-refractivity contribution < 1.29 is 19.1 Å². The normalized spacial score (nSPS) is 13.3. The van der Waals surface area contributed by atoms with Crippen LogP contribution in [0.1, 0.15) is 32.4 Å². The first-order chi connectivity index (χ1) is 9.85. The number of amides is 2. The van der Waals surface area contributed by atoms with Crippen molar-refractivity contribution in [2.45, 2.75) is 26.8 Å². The number of halogens is 1. The van der Waals surface area contributed by atoms with Crippen LogP contribution in [0.15, 0.2) is 24.3 Å². The number of carboxylic acids is 1. The van der Waals surface area contributed by atoms with Gasteiger partial charge in [0.05, 0.1) is 12.0 Å². The fraction of sp³-hybridized carbons (Fsp3) is 0.467. The first-order valence-electron chi connectivity index (χ1n) is 6.88. The van der Waals surface area contributed by atoms with Gasteiger partial charge in [-0.15, -0.1) is 0 Å². The van der Waals surface area contributed by atoms with E-state index in [-0.39, 0.29) is 24.4 Å². The van der Waals surface area contributed by atoms with E-state index in [4.69, 9.17) is 5.11 Å². The molecule has 0 fully saturated rings. The number of benzene rings is 1. The highest BCUT2D eigenvalue weighted by molar-refractivity contribution is 5.76. The molecule has 2 unspecified atom stereocenters. The number of carboxylic acid groups (broad SMARTS) is 1. The number of urea groups is 1. The van der Waals surface area contributed by atoms with E-state index in [9.17, 15) is 14.0 Å². The lowest BCUT2D eigenvalue weighted by molar-refractivity contribution is -0.141. The Balaban J connectivity index is 2.67. The zero-order valence-electron chi connectivity index (χ0n) is 12.5. The van der Waals surface area contributed by atoms with Gasteiger partial charge in [0.25, 0.3) is 0 Å². The van der Waals surface area contributed by atoms with Gasteiger partial charge < -0.3 is 15.3 Å². The average Bonchev–Trinajstić information content (AvgIpc) is 2.43. The minimum absolute atomic E-state index is 0.132. The third-order valence-corrected chi connectivity index (χ3v) is 3.27. The van der Waals surface area contributed by atoms with Gasteiger partial charge in [-0.2, -0.15) is 0 Å².